The van der Waals surface area contributed by atoms with Crippen molar-refractivity contribution >= 4 is 6.29 Å². The fourth-order valence-electron chi connectivity index (χ4n) is 2.33. The minimum Gasteiger partial charge on any atom is -0.494 e. The number of carbonyl (C=O) groups excluding carboxylic acids is 1. The molecular formula is C16H19N3O2. The van der Waals surface area contributed by atoms with Gasteiger partial charge in [-0.25, -0.2) is 4.68 Å². The second-order valence-corrected chi connectivity index (χ2v) is 5.36. The molecule has 0 saturated heterocycles. The first-order valence-corrected chi connectivity index (χ1v) is 7.47. The van der Waals surface area contributed by atoms with E-state index >= 15 is 0 Å². The molecule has 0 unspecified atom stereocenters. The summed E-state index contributed by atoms with van der Waals surface area (Å²) in [6.45, 7) is 2.88. The van der Waals surface area contributed by atoms with Crippen molar-refractivity contribution in [2.24, 2.45) is 0 Å². The summed E-state index contributed by atoms with van der Waals surface area (Å²) in [5, 5.41) is 8.09. The molecule has 0 aliphatic heterocycles. The van der Waals surface area contributed by atoms with Crippen LogP contribution in [0, 0.1) is 0 Å². The van der Waals surface area contributed by atoms with E-state index in [2.05, 4.69) is 17.2 Å². The lowest BCUT2D eigenvalue weighted by molar-refractivity contribution is 0.111. The Balaban J connectivity index is 1.81. The van der Waals surface area contributed by atoms with Gasteiger partial charge < -0.3 is 4.74 Å². The third-order valence-electron chi connectivity index (χ3n) is 3.66. The van der Waals surface area contributed by atoms with Crippen LogP contribution in [0.4, 0.5) is 0 Å². The smallest absolute Gasteiger partial charge is 0.172 e. The topological polar surface area (TPSA) is 57.0 Å². The number of ether oxygens (including phenoxy) is 1. The Labute approximate surface area is 123 Å². The Kier molecular flexibility index (Phi) is 3.99. The predicted octanol–water partition coefficient (Wildman–Crippen LogP) is 3.14. The van der Waals surface area contributed by atoms with E-state index in [0.29, 0.717) is 11.6 Å². The molecule has 1 heterocycles. The van der Waals surface area contributed by atoms with Crippen LogP contribution in [0.5, 0.6) is 5.75 Å². The lowest BCUT2D eigenvalue weighted by Gasteiger charge is -2.08. The number of unbranched alkanes of at least 4 members (excludes halogenated alkanes) is 1. The third kappa shape index (κ3) is 2.96. The van der Waals surface area contributed by atoms with Crippen molar-refractivity contribution in [2.75, 3.05) is 6.61 Å². The summed E-state index contributed by atoms with van der Waals surface area (Å²) in [4.78, 5) is 11.1. The second-order valence-electron chi connectivity index (χ2n) is 5.36. The highest BCUT2D eigenvalue weighted by molar-refractivity contribution is 5.74. The molecule has 5 heteroatoms. The SMILES string of the molecule is CCCCOc1ccc(-n2nnc(C=O)c2C2CC2)cc1. The van der Waals surface area contributed by atoms with Gasteiger partial charge in [-0.1, -0.05) is 18.6 Å². The van der Waals surface area contributed by atoms with E-state index in [1.165, 1.54) is 0 Å². The van der Waals surface area contributed by atoms with Crippen molar-refractivity contribution < 1.29 is 9.53 Å². The van der Waals surface area contributed by atoms with E-state index in [1.807, 2.05) is 24.3 Å². The zero-order chi connectivity index (χ0) is 14.7. The van der Waals surface area contributed by atoms with Gasteiger partial charge in [0.05, 0.1) is 18.0 Å². The Bertz CT molecular complexity index is 615. The first-order valence-electron chi connectivity index (χ1n) is 7.47. The van der Waals surface area contributed by atoms with Crippen LogP contribution >= 0.6 is 0 Å². The summed E-state index contributed by atoms with van der Waals surface area (Å²) in [6.07, 6.45) is 5.17. The maximum atomic E-state index is 11.1. The molecule has 5 nitrogen and oxygen atoms in total. The normalized spacial score (nSPS) is 14.1. The number of nitrogens with zero attached hydrogens (tertiary/aromatic N) is 3. The van der Waals surface area contributed by atoms with Gasteiger partial charge in [0.15, 0.2) is 6.29 Å². The molecule has 0 bridgehead atoms. The van der Waals surface area contributed by atoms with E-state index < -0.39 is 0 Å². The van der Waals surface area contributed by atoms with Gasteiger partial charge in [0.1, 0.15) is 11.4 Å². The van der Waals surface area contributed by atoms with E-state index in [4.69, 9.17) is 4.74 Å². The van der Waals surface area contributed by atoms with Crippen LogP contribution in [-0.2, 0) is 0 Å². The van der Waals surface area contributed by atoms with Gasteiger partial charge in [-0.05, 0) is 43.5 Å². The van der Waals surface area contributed by atoms with Gasteiger partial charge in [0.25, 0.3) is 0 Å². The van der Waals surface area contributed by atoms with Crippen molar-refractivity contribution in [3.63, 3.8) is 0 Å². The van der Waals surface area contributed by atoms with Crippen molar-refractivity contribution in [1.82, 2.24) is 15.0 Å². The lowest BCUT2D eigenvalue weighted by atomic mass is 10.2. The summed E-state index contributed by atoms with van der Waals surface area (Å²) < 4.78 is 7.43. The zero-order valence-electron chi connectivity index (χ0n) is 12.2. The van der Waals surface area contributed by atoms with Gasteiger partial charge in [-0.15, -0.1) is 5.10 Å². The molecule has 1 saturated carbocycles. The maximum Gasteiger partial charge on any atom is 0.172 e. The fraction of sp³-hybridized carbons (Fsp3) is 0.438. The van der Waals surface area contributed by atoms with Crippen LogP contribution in [0.1, 0.15) is 54.7 Å². The first-order chi connectivity index (χ1) is 10.3. The van der Waals surface area contributed by atoms with Crippen LogP contribution in [-0.4, -0.2) is 27.9 Å². The number of benzene rings is 1. The molecule has 0 amide bonds. The molecule has 0 spiro atoms. The van der Waals surface area contributed by atoms with Crippen LogP contribution < -0.4 is 4.74 Å². The van der Waals surface area contributed by atoms with Gasteiger partial charge >= 0.3 is 0 Å². The summed E-state index contributed by atoms with van der Waals surface area (Å²) in [5.41, 5.74) is 2.31. The van der Waals surface area contributed by atoms with E-state index in [1.54, 1.807) is 4.68 Å². The number of carbonyl (C=O) groups is 1. The molecule has 0 atom stereocenters. The number of hydrogen-bond acceptors (Lipinski definition) is 4. The lowest BCUT2D eigenvalue weighted by Crippen LogP contribution is -2.03. The van der Waals surface area contributed by atoms with E-state index in [0.717, 1.165) is 55.7 Å². The second kappa shape index (κ2) is 6.08. The molecule has 3 rings (SSSR count). The molecule has 1 fully saturated rings. The van der Waals surface area contributed by atoms with Gasteiger partial charge in [0.2, 0.25) is 0 Å². The highest BCUT2D eigenvalue weighted by Gasteiger charge is 2.31. The average Bonchev–Trinajstić information content (AvgIpc) is 3.27. The molecule has 1 aromatic carbocycles. The molecule has 1 aromatic heterocycles. The maximum absolute atomic E-state index is 11.1. The fourth-order valence-corrected chi connectivity index (χ4v) is 2.33. The first kappa shape index (κ1) is 13.8. The largest absolute Gasteiger partial charge is 0.494 e. The van der Waals surface area contributed by atoms with Crippen molar-refractivity contribution in [2.45, 2.75) is 38.5 Å². The predicted molar refractivity (Wildman–Crippen MR) is 79.1 cm³/mol. The number of aromatic nitrogens is 3. The van der Waals surface area contributed by atoms with Gasteiger partial charge in [-0.3, -0.25) is 4.79 Å². The number of rotatable bonds is 7. The zero-order valence-corrected chi connectivity index (χ0v) is 12.2. The van der Waals surface area contributed by atoms with Crippen LogP contribution in [0.25, 0.3) is 5.69 Å². The van der Waals surface area contributed by atoms with Crippen LogP contribution in [0.15, 0.2) is 24.3 Å². The van der Waals surface area contributed by atoms with Gasteiger partial charge in [-0.2, -0.15) is 0 Å². The Morgan fingerprint density at radius 2 is 2.10 bits per heavy atom. The van der Waals surface area contributed by atoms with Crippen molar-refractivity contribution in [1.29, 1.82) is 0 Å². The van der Waals surface area contributed by atoms with E-state index in [-0.39, 0.29) is 0 Å². The Hall–Kier alpha value is -2.17. The van der Waals surface area contributed by atoms with Crippen molar-refractivity contribution in [3.8, 4) is 11.4 Å². The third-order valence-corrected chi connectivity index (χ3v) is 3.66. The molecule has 0 radical (unpaired) electrons. The molecular weight excluding hydrogens is 266 g/mol. The number of aldehydes is 1. The highest BCUT2D eigenvalue weighted by Crippen LogP contribution is 2.41. The Morgan fingerprint density at radius 3 is 2.71 bits per heavy atom. The highest BCUT2D eigenvalue weighted by atomic mass is 16.5. The molecule has 21 heavy (non-hydrogen) atoms. The molecule has 1 aliphatic carbocycles. The van der Waals surface area contributed by atoms with Gasteiger partial charge in [0, 0.05) is 5.92 Å². The Morgan fingerprint density at radius 1 is 1.33 bits per heavy atom. The average molecular weight is 285 g/mol. The molecule has 110 valence electrons. The molecule has 0 N–H and O–H groups in total. The quantitative estimate of drug-likeness (QED) is 0.579. The minimum atomic E-state index is 0.417. The standard InChI is InChI=1S/C16H19N3O2/c1-2-3-10-21-14-8-6-13(7-9-14)19-16(12-4-5-12)15(11-20)17-18-19/h6-9,11-12H,2-5,10H2,1H3. The monoisotopic (exact) mass is 285 g/mol. The van der Waals surface area contributed by atoms with Crippen LogP contribution in [0.3, 0.4) is 0 Å². The molecule has 2 aromatic rings. The minimum absolute atomic E-state index is 0.417. The molecule has 1 aliphatic rings. The number of hydrogen-bond donors (Lipinski definition) is 0. The summed E-state index contributed by atoms with van der Waals surface area (Å²) in [5.74, 6) is 1.27. The summed E-state index contributed by atoms with van der Waals surface area (Å²) >= 11 is 0. The summed E-state index contributed by atoms with van der Waals surface area (Å²) in [6, 6.07) is 7.78. The van der Waals surface area contributed by atoms with Crippen molar-refractivity contribution in [3.05, 3.63) is 35.7 Å². The van der Waals surface area contributed by atoms with Crippen LogP contribution in [0.2, 0.25) is 0 Å². The summed E-state index contributed by atoms with van der Waals surface area (Å²) in [7, 11) is 0. The van der Waals surface area contributed by atoms with E-state index in [9.17, 15) is 4.79 Å².